The first kappa shape index (κ1) is 34.4. The molecule has 0 aliphatic carbocycles. The third-order valence-corrected chi connectivity index (χ3v) is 57.6. The molecule has 1 saturated heterocycles. The molecule has 0 atom stereocenters. The van der Waals surface area contributed by atoms with E-state index in [9.17, 15) is 0 Å². The van der Waals surface area contributed by atoms with Gasteiger partial charge in [-0.2, -0.15) is 0 Å². The SMILES string of the molecule is c1cc[c]([Sn]([CH2]C2COCCOCCOCCOC2)([CH2][Sn]([c]2ccccc2)([c]2ccccc2)[c]2ccccc2)[c]2ccccc2)cc1. The van der Waals surface area contributed by atoms with Crippen molar-refractivity contribution >= 4 is 54.7 Å². The van der Waals surface area contributed by atoms with E-state index in [0.29, 0.717) is 52.9 Å². The van der Waals surface area contributed by atoms with E-state index >= 15 is 0 Å². The van der Waals surface area contributed by atoms with Gasteiger partial charge < -0.3 is 0 Å². The average molecular weight is 840 g/mol. The molecule has 6 heteroatoms. The van der Waals surface area contributed by atoms with Crippen LogP contribution < -0.4 is 17.9 Å². The fraction of sp³-hybridized carbons (Fsp3) is 0.268. The van der Waals surface area contributed by atoms with Gasteiger partial charge in [-0.05, 0) is 0 Å². The standard InChI is InChI=1S/C10H19O4.5C6H5.CH2.2Sn/c1-10-8-13-6-4-11-2-3-12-5-7-14-9-10;5*1-2-4-6-5-3-1;;;/h10H,1-9H2;5*1-5H;1H2;;. The van der Waals surface area contributed by atoms with Crippen LogP contribution in [0.5, 0.6) is 0 Å². The Balaban J connectivity index is 1.56. The van der Waals surface area contributed by atoms with Crippen LogP contribution in [0.3, 0.4) is 0 Å². The first-order chi connectivity index (χ1) is 23.3. The maximum atomic E-state index is 6.37. The molecular formula is C41H46O4Sn2. The molecule has 1 aliphatic heterocycles. The first-order valence-corrected chi connectivity index (χ1v) is 30.1. The Labute approximate surface area is 288 Å². The minimum atomic E-state index is -3.74. The summed E-state index contributed by atoms with van der Waals surface area (Å²) in [5.74, 6) is 0.248. The third kappa shape index (κ3) is 8.59. The maximum absolute atomic E-state index is 6.37. The van der Waals surface area contributed by atoms with Gasteiger partial charge in [-0.25, -0.2) is 0 Å². The van der Waals surface area contributed by atoms with E-state index < -0.39 is 36.8 Å². The Morgan fingerprint density at radius 1 is 0.383 bits per heavy atom. The first-order valence-electron chi connectivity index (χ1n) is 16.9. The van der Waals surface area contributed by atoms with Crippen LogP contribution in [-0.2, 0) is 18.9 Å². The molecule has 5 aromatic rings. The summed E-state index contributed by atoms with van der Waals surface area (Å²) in [4.78, 5) is 0. The second-order valence-electron chi connectivity index (χ2n) is 12.4. The van der Waals surface area contributed by atoms with Crippen molar-refractivity contribution in [1.82, 2.24) is 0 Å². The summed E-state index contributed by atoms with van der Waals surface area (Å²) in [5, 5.41) is 0. The van der Waals surface area contributed by atoms with Gasteiger partial charge in [-0.15, -0.1) is 0 Å². The van der Waals surface area contributed by atoms with Crippen molar-refractivity contribution in [2.45, 2.75) is 6.89 Å². The van der Waals surface area contributed by atoms with E-state index in [2.05, 4.69) is 152 Å². The molecule has 47 heavy (non-hydrogen) atoms. The fourth-order valence-corrected chi connectivity index (χ4v) is 72.8. The molecule has 0 unspecified atom stereocenters. The molecule has 242 valence electrons. The number of ether oxygens (including phenoxy) is 4. The summed E-state index contributed by atoms with van der Waals surface area (Å²) in [6.07, 6.45) is 0. The van der Waals surface area contributed by atoms with Gasteiger partial charge in [0.05, 0.1) is 0 Å². The second-order valence-corrected chi connectivity index (χ2v) is 41.0. The van der Waals surface area contributed by atoms with Crippen LogP contribution in [0.15, 0.2) is 152 Å². The van der Waals surface area contributed by atoms with Crippen molar-refractivity contribution in [3.8, 4) is 0 Å². The minimum absolute atomic E-state index is 0.248. The van der Waals surface area contributed by atoms with Gasteiger partial charge in [-0.3, -0.25) is 0 Å². The van der Waals surface area contributed by atoms with Crippen LogP contribution in [-0.4, -0.2) is 89.6 Å². The normalized spacial score (nSPS) is 16.0. The summed E-state index contributed by atoms with van der Waals surface area (Å²) in [6, 6.07) is 57.6. The number of rotatable bonds is 9. The van der Waals surface area contributed by atoms with Gasteiger partial charge in [-0.1, -0.05) is 0 Å². The molecule has 0 aromatic heterocycles. The van der Waals surface area contributed by atoms with Crippen molar-refractivity contribution in [2.24, 2.45) is 5.92 Å². The Bertz CT molecular complexity index is 1440. The van der Waals surface area contributed by atoms with Gasteiger partial charge >= 0.3 is 291 Å². The Kier molecular flexibility index (Phi) is 13.0. The summed E-state index contributed by atoms with van der Waals surface area (Å²) < 4.78 is 34.3. The molecule has 6 rings (SSSR count). The topological polar surface area (TPSA) is 36.9 Å². The Hall–Kier alpha value is -2.46. The van der Waals surface area contributed by atoms with Gasteiger partial charge in [0.15, 0.2) is 0 Å². The Morgan fingerprint density at radius 3 is 1.02 bits per heavy atom. The van der Waals surface area contributed by atoms with E-state index in [-0.39, 0.29) is 5.92 Å². The van der Waals surface area contributed by atoms with Crippen LogP contribution >= 0.6 is 0 Å². The molecule has 0 spiro atoms. The van der Waals surface area contributed by atoms with Crippen molar-refractivity contribution in [1.29, 1.82) is 0 Å². The predicted molar refractivity (Wildman–Crippen MR) is 198 cm³/mol. The van der Waals surface area contributed by atoms with Crippen LogP contribution in [0, 0.1) is 5.92 Å². The Morgan fingerprint density at radius 2 is 0.681 bits per heavy atom. The summed E-state index contributed by atoms with van der Waals surface area (Å²) >= 11 is -7.43. The van der Waals surface area contributed by atoms with Crippen LogP contribution in [0.2, 0.25) is 6.89 Å². The van der Waals surface area contributed by atoms with Gasteiger partial charge in [0, 0.05) is 0 Å². The molecule has 0 N–H and O–H groups in total. The summed E-state index contributed by atoms with van der Waals surface area (Å²) in [5.41, 5.74) is 0. The second kappa shape index (κ2) is 17.8. The van der Waals surface area contributed by atoms with Crippen molar-refractivity contribution in [3.05, 3.63) is 152 Å². The zero-order valence-electron chi connectivity index (χ0n) is 27.2. The molecule has 4 nitrogen and oxygen atoms in total. The predicted octanol–water partition coefficient (Wildman–Crippen LogP) is 4.66. The zero-order chi connectivity index (χ0) is 32.0. The van der Waals surface area contributed by atoms with E-state index in [0.717, 1.165) is 4.44 Å². The molecule has 1 heterocycles. The quantitative estimate of drug-likeness (QED) is 0.203. The molecule has 0 radical (unpaired) electrons. The van der Waals surface area contributed by atoms with Crippen LogP contribution in [0.1, 0.15) is 0 Å². The number of hydrogen-bond acceptors (Lipinski definition) is 4. The average Bonchev–Trinajstić information content (AvgIpc) is 3.18. The van der Waals surface area contributed by atoms with Crippen molar-refractivity contribution in [3.63, 3.8) is 0 Å². The molecule has 0 bridgehead atoms. The molecule has 0 amide bonds. The van der Waals surface area contributed by atoms with Gasteiger partial charge in [0.25, 0.3) is 0 Å². The fourth-order valence-electron chi connectivity index (χ4n) is 7.34. The molecule has 5 aromatic carbocycles. The van der Waals surface area contributed by atoms with Crippen molar-refractivity contribution < 1.29 is 18.9 Å². The monoisotopic (exact) mass is 842 g/mol. The van der Waals surface area contributed by atoms with E-state index in [1.807, 2.05) is 0 Å². The van der Waals surface area contributed by atoms with Gasteiger partial charge in [0.2, 0.25) is 0 Å². The van der Waals surface area contributed by atoms with E-state index in [1.54, 1.807) is 7.16 Å². The number of hydrogen-bond donors (Lipinski definition) is 0. The molecule has 1 fully saturated rings. The van der Waals surface area contributed by atoms with Crippen LogP contribution in [0.25, 0.3) is 0 Å². The molecule has 1 aliphatic rings. The summed E-state index contributed by atoms with van der Waals surface area (Å²) in [7, 11) is 0. The summed E-state index contributed by atoms with van der Waals surface area (Å²) in [6.45, 7) is 4.81. The van der Waals surface area contributed by atoms with Crippen molar-refractivity contribution in [2.75, 3.05) is 52.9 Å². The van der Waals surface area contributed by atoms with Crippen LogP contribution in [0.4, 0.5) is 0 Å². The van der Waals surface area contributed by atoms with E-state index in [1.165, 1.54) is 13.2 Å². The molecule has 0 saturated carbocycles. The molecular weight excluding hydrogens is 794 g/mol. The van der Waals surface area contributed by atoms with E-state index in [4.69, 9.17) is 18.9 Å². The third-order valence-electron chi connectivity index (χ3n) is 9.48. The zero-order valence-corrected chi connectivity index (χ0v) is 32.9. The number of benzene rings is 5. The van der Waals surface area contributed by atoms with Gasteiger partial charge in [0.1, 0.15) is 0 Å².